The highest BCUT2D eigenvalue weighted by Gasteiger charge is 2.11. The summed E-state index contributed by atoms with van der Waals surface area (Å²) in [7, 11) is 1.55. The molecule has 2 rings (SSSR count). The van der Waals surface area contributed by atoms with Crippen molar-refractivity contribution in [2.24, 2.45) is 5.10 Å². The van der Waals surface area contributed by atoms with Crippen molar-refractivity contribution in [3.63, 3.8) is 0 Å². The lowest BCUT2D eigenvalue weighted by Gasteiger charge is -2.11. The summed E-state index contributed by atoms with van der Waals surface area (Å²) in [6.07, 6.45) is 1.47. The van der Waals surface area contributed by atoms with Crippen LogP contribution in [-0.2, 0) is 0 Å². The van der Waals surface area contributed by atoms with Gasteiger partial charge in [-0.2, -0.15) is 5.10 Å². The number of methoxy groups -OCH3 is 1. The van der Waals surface area contributed by atoms with Gasteiger partial charge in [-0.3, -0.25) is 4.79 Å². The number of carbonyl (C=O) groups is 1. The normalized spacial score (nSPS) is 10.6. The van der Waals surface area contributed by atoms with Crippen molar-refractivity contribution in [2.75, 3.05) is 13.7 Å². The molecule has 0 aliphatic heterocycles. The Kier molecular flexibility index (Phi) is 6.20. The van der Waals surface area contributed by atoms with Gasteiger partial charge >= 0.3 is 0 Å². The first-order chi connectivity index (χ1) is 11.6. The van der Waals surface area contributed by atoms with E-state index in [4.69, 9.17) is 9.47 Å². The summed E-state index contributed by atoms with van der Waals surface area (Å²) in [5.41, 5.74) is 3.23. The molecule has 2 aromatic rings. The van der Waals surface area contributed by atoms with Gasteiger partial charge in [0.05, 0.1) is 30.0 Å². The van der Waals surface area contributed by atoms with E-state index < -0.39 is 5.91 Å². The third-order valence-electron chi connectivity index (χ3n) is 3.07. The van der Waals surface area contributed by atoms with Gasteiger partial charge in [0.2, 0.25) is 0 Å². The summed E-state index contributed by atoms with van der Waals surface area (Å²) in [6.45, 7) is 2.40. The van der Waals surface area contributed by atoms with E-state index >= 15 is 0 Å². The summed E-state index contributed by atoms with van der Waals surface area (Å²) < 4.78 is 11.5. The quantitative estimate of drug-likeness (QED) is 0.583. The second-order valence-corrected chi connectivity index (χ2v) is 5.54. The van der Waals surface area contributed by atoms with Crippen LogP contribution in [0.1, 0.15) is 22.8 Å². The minimum atomic E-state index is -0.499. The molecule has 126 valence electrons. The van der Waals surface area contributed by atoms with Crippen molar-refractivity contribution in [1.29, 1.82) is 0 Å². The third kappa shape index (κ3) is 4.26. The number of phenols is 1. The molecule has 0 saturated heterocycles. The van der Waals surface area contributed by atoms with E-state index in [0.29, 0.717) is 23.7 Å². The fourth-order valence-electron chi connectivity index (χ4n) is 1.99. The van der Waals surface area contributed by atoms with Crippen LogP contribution < -0.4 is 14.9 Å². The van der Waals surface area contributed by atoms with E-state index in [1.807, 2.05) is 6.92 Å². The topological polar surface area (TPSA) is 80.2 Å². The summed E-state index contributed by atoms with van der Waals surface area (Å²) in [6, 6.07) is 9.78. The lowest BCUT2D eigenvalue weighted by atomic mass is 10.2. The number of carbonyl (C=O) groups excluding carboxylic acids is 1. The zero-order chi connectivity index (χ0) is 17.5. The molecule has 2 aromatic carbocycles. The molecule has 0 bridgehead atoms. The van der Waals surface area contributed by atoms with Gasteiger partial charge in [-0.25, -0.2) is 5.43 Å². The Bertz CT molecular complexity index is 762. The molecule has 0 saturated carbocycles. The van der Waals surface area contributed by atoms with Crippen LogP contribution in [0.25, 0.3) is 0 Å². The average Bonchev–Trinajstić information content (AvgIpc) is 2.57. The van der Waals surface area contributed by atoms with E-state index in [2.05, 4.69) is 26.5 Å². The van der Waals surface area contributed by atoms with Gasteiger partial charge in [-0.1, -0.05) is 12.1 Å². The van der Waals surface area contributed by atoms with E-state index in [9.17, 15) is 9.90 Å². The van der Waals surface area contributed by atoms with Crippen LogP contribution in [0, 0.1) is 0 Å². The molecule has 0 aromatic heterocycles. The molecule has 0 aliphatic carbocycles. The van der Waals surface area contributed by atoms with Crippen molar-refractivity contribution in [3.8, 4) is 17.2 Å². The Morgan fingerprint density at radius 3 is 2.79 bits per heavy atom. The van der Waals surface area contributed by atoms with Crippen molar-refractivity contribution in [1.82, 2.24) is 5.43 Å². The fourth-order valence-corrected chi connectivity index (χ4v) is 2.56. The monoisotopic (exact) mass is 392 g/mol. The first kappa shape index (κ1) is 17.8. The molecule has 0 unspecified atom stereocenters. The number of nitrogens with one attached hydrogen (secondary N) is 1. The number of ether oxygens (including phenoxy) is 2. The van der Waals surface area contributed by atoms with Crippen molar-refractivity contribution in [3.05, 3.63) is 52.0 Å². The van der Waals surface area contributed by atoms with Crippen LogP contribution in [0.15, 0.2) is 46.0 Å². The maximum Gasteiger partial charge on any atom is 0.275 e. The Balaban J connectivity index is 2.13. The number of hydrogen-bond acceptors (Lipinski definition) is 5. The van der Waals surface area contributed by atoms with Gasteiger partial charge in [-0.15, -0.1) is 0 Å². The van der Waals surface area contributed by atoms with Gasteiger partial charge in [0.25, 0.3) is 5.91 Å². The average molecular weight is 393 g/mol. The summed E-state index contributed by atoms with van der Waals surface area (Å²) in [5.74, 6) is 0.562. The van der Waals surface area contributed by atoms with Crippen LogP contribution in [-0.4, -0.2) is 30.9 Å². The molecule has 24 heavy (non-hydrogen) atoms. The van der Waals surface area contributed by atoms with Crippen molar-refractivity contribution >= 4 is 28.1 Å². The zero-order valence-electron chi connectivity index (χ0n) is 13.2. The zero-order valence-corrected chi connectivity index (χ0v) is 14.8. The molecular formula is C17H17BrN2O4. The summed E-state index contributed by atoms with van der Waals surface area (Å²) in [4.78, 5) is 11.9. The predicted octanol–water partition coefficient (Wildman–Crippen LogP) is 3.33. The standard InChI is InChI=1S/C17H17BrN2O4/c1-3-24-16-13(18)8-11(9-15(16)23-2)10-19-20-17(22)12-6-4-5-7-14(12)21/h4-10,21H,3H2,1-2H3,(H,20,22)/b19-10+. The number of benzene rings is 2. The van der Waals surface area contributed by atoms with Gasteiger partial charge < -0.3 is 14.6 Å². The van der Waals surface area contributed by atoms with Crippen molar-refractivity contribution in [2.45, 2.75) is 6.92 Å². The highest BCUT2D eigenvalue weighted by molar-refractivity contribution is 9.10. The first-order valence-electron chi connectivity index (χ1n) is 7.18. The maximum atomic E-state index is 11.9. The molecule has 0 aliphatic rings. The minimum absolute atomic E-state index is 0.101. The van der Waals surface area contributed by atoms with Crippen LogP contribution in [0.5, 0.6) is 17.2 Å². The molecule has 7 heteroatoms. The lowest BCUT2D eigenvalue weighted by Crippen LogP contribution is -2.17. The van der Waals surface area contributed by atoms with Gasteiger partial charge in [0.15, 0.2) is 11.5 Å². The van der Waals surface area contributed by atoms with E-state index in [1.54, 1.807) is 31.4 Å². The SMILES string of the molecule is CCOc1c(Br)cc(/C=N/NC(=O)c2ccccc2O)cc1OC. The minimum Gasteiger partial charge on any atom is -0.507 e. The summed E-state index contributed by atoms with van der Waals surface area (Å²) in [5, 5.41) is 13.5. The van der Waals surface area contributed by atoms with Gasteiger partial charge in [0, 0.05) is 0 Å². The number of nitrogens with zero attached hydrogens (tertiary/aromatic N) is 1. The molecule has 0 fully saturated rings. The molecule has 0 heterocycles. The maximum absolute atomic E-state index is 11.9. The Labute approximate surface area is 148 Å². The first-order valence-corrected chi connectivity index (χ1v) is 7.97. The van der Waals surface area contributed by atoms with Crippen LogP contribution in [0.4, 0.5) is 0 Å². The smallest absolute Gasteiger partial charge is 0.275 e. The molecule has 0 spiro atoms. The number of halogens is 1. The molecule has 0 radical (unpaired) electrons. The second-order valence-electron chi connectivity index (χ2n) is 4.68. The van der Waals surface area contributed by atoms with E-state index in [1.165, 1.54) is 18.3 Å². The number of hydrogen-bond donors (Lipinski definition) is 2. The molecule has 6 nitrogen and oxygen atoms in total. The van der Waals surface area contributed by atoms with Crippen LogP contribution in [0.3, 0.4) is 0 Å². The largest absolute Gasteiger partial charge is 0.507 e. The Morgan fingerprint density at radius 1 is 1.38 bits per heavy atom. The molecule has 1 amide bonds. The van der Waals surface area contributed by atoms with Crippen LogP contribution in [0.2, 0.25) is 0 Å². The fraction of sp³-hybridized carbons (Fsp3) is 0.176. The van der Waals surface area contributed by atoms with E-state index in [-0.39, 0.29) is 11.3 Å². The van der Waals surface area contributed by atoms with E-state index in [0.717, 1.165) is 4.47 Å². The number of rotatable bonds is 6. The number of phenolic OH excluding ortho intramolecular Hbond substituents is 1. The molecular weight excluding hydrogens is 376 g/mol. The van der Waals surface area contributed by atoms with Gasteiger partial charge in [-0.05, 0) is 52.7 Å². The van der Waals surface area contributed by atoms with Crippen LogP contribution >= 0.6 is 15.9 Å². The number of hydrazone groups is 1. The second kappa shape index (κ2) is 8.35. The highest BCUT2D eigenvalue weighted by Crippen LogP contribution is 2.36. The van der Waals surface area contributed by atoms with Gasteiger partial charge in [0.1, 0.15) is 5.75 Å². The van der Waals surface area contributed by atoms with Crippen molar-refractivity contribution < 1.29 is 19.4 Å². The number of para-hydroxylation sites is 1. The third-order valence-corrected chi connectivity index (χ3v) is 3.66. The predicted molar refractivity (Wildman–Crippen MR) is 95.0 cm³/mol. The number of amides is 1. The Hall–Kier alpha value is -2.54. The Morgan fingerprint density at radius 2 is 2.12 bits per heavy atom. The summed E-state index contributed by atoms with van der Waals surface area (Å²) >= 11 is 3.42. The number of aromatic hydroxyl groups is 1. The lowest BCUT2D eigenvalue weighted by molar-refractivity contribution is 0.0952. The molecule has 2 N–H and O–H groups in total. The highest BCUT2D eigenvalue weighted by atomic mass is 79.9. The molecule has 0 atom stereocenters.